The third kappa shape index (κ3) is 3.87. The molecule has 112 valence electrons. The molecule has 4 nitrogen and oxygen atoms in total. The van der Waals surface area contributed by atoms with E-state index < -0.39 is 0 Å². The molecule has 4 heteroatoms. The van der Waals surface area contributed by atoms with Gasteiger partial charge in [-0.15, -0.1) is 0 Å². The zero-order valence-corrected chi connectivity index (χ0v) is 12.5. The average molecular weight is 278 g/mol. The highest BCUT2D eigenvalue weighted by atomic mass is 16.3. The van der Waals surface area contributed by atoms with E-state index in [1.807, 2.05) is 6.07 Å². The third-order valence-electron chi connectivity index (χ3n) is 3.99. The second kappa shape index (κ2) is 6.95. The van der Waals surface area contributed by atoms with E-state index in [4.69, 9.17) is 0 Å². The molecule has 0 bridgehead atoms. The Bertz CT molecular complexity index is 428. The minimum atomic E-state index is -0.0447. The summed E-state index contributed by atoms with van der Waals surface area (Å²) in [6.07, 6.45) is 2.25. The first-order valence-corrected chi connectivity index (χ1v) is 7.54. The lowest BCUT2D eigenvalue weighted by Gasteiger charge is -2.35. The van der Waals surface area contributed by atoms with Crippen molar-refractivity contribution >= 4 is 0 Å². The van der Waals surface area contributed by atoms with Gasteiger partial charge in [0.05, 0.1) is 0 Å². The van der Waals surface area contributed by atoms with Crippen LogP contribution in [0, 0.1) is 5.92 Å². The van der Waals surface area contributed by atoms with Gasteiger partial charge in [0.25, 0.3) is 0 Å². The summed E-state index contributed by atoms with van der Waals surface area (Å²) in [7, 11) is 0. The van der Waals surface area contributed by atoms with Crippen molar-refractivity contribution in [1.29, 1.82) is 0 Å². The van der Waals surface area contributed by atoms with Crippen molar-refractivity contribution in [2.45, 2.75) is 32.7 Å². The molecule has 1 aromatic carbocycles. The van der Waals surface area contributed by atoms with Crippen LogP contribution in [-0.2, 0) is 0 Å². The van der Waals surface area contributed by atoms with Crippen molar-refractivity contribution in [3.63, 3.8) is 0 Å². The molecule has 20 heavy (non-hydrogen) atoms. The predicted octanol–water partition coefficient (Wildman–Crippen LogP) is 2.48. The van der Waals surface area contributed by atoms with Crippen LogP contribution in [-0.4, -0.2) is 41.3 Å². The Balaban J connectivity index is 2.17. The number of nitrogens with one attached hydrogen (secondary N) is 1. The highest BCUT2D eigenvalue weighted by Crippen LogP contribution is 2.33. The van der Waals surface area contributed by atoms with Crippen LogP contribution in [0.15, 0.2) is 18.2 Å². The number of nitrogens with zero attached hydrogens (tertiary/aromatic N) is 1. The molecule has 0 aromatic heterocycles. The molecular formula is C16H26N2O2. The summed E-state index contributed by atoms with van der Waals surface area (Å²) in [6, 6.07) is 5.56. The van der Waals surface area contributed by atoms with Gasteiger partial charge >= 0.3 is 0 Å². The molecular weight excluding hydrogens is 252 g/mol. The highest BCUT2D eigenvalue weighted by molar-refractivity contribution is 5.41. The predicted molar refractivity (Wildman–Crippen MR) is 81.0 cm³/mol. The molecule has 0 aliphatic carbocycles. The smallest absolute Gasteiger partial charge is 0.157 e. The molecule has 0 saturated carbocycles. The molecule has 1 heterocycles. The van der Waals surface area contributed by atoms with E-state index in [9.17, 15) is 10.2 Å². The number of benzene rings is 1. The Kier molecular flexibility index (Phi) is 5.26. The van der Waals surface area contributed by atoms with Gasteiger partial charge in [0, 0.05) is 32.2 Å². The molecule has 1 saturated heterocycles. The van der Waals surface area contributed by atoms with Crippen molar-refractivity contribution in [2.75, 3.05) is 26.2 Å². The van der Waals surface area contributed by atoms with Crippen LogP contribution in [0.1, 0.15) is 38.3 Å². The topological polar surface area (TPSA) is 55.7 Å². The molecule has 1 atom stereocenters. The van der Waals surface area contributed by atoms with Gasteiger partial charge in [-0.25, -0.2) is 0 Å². The van der Waals surface area contributed by atoms with Crippen LogP contribution in [0.5, 0.6) is 11.5 Å². The summed E-state index contributed by atoms with van der Waals surface area (Å²) >= 11 is 0. The molecule has 1 aliphatic rings. The zero-order chi connectivity index (χ0) is 14.5. The molecule has 1 fully saturated rings. The molecule has 0 unspecified atom stereocenters. The molecule has 1 aromatic rings. The van der Waals surface area contributed by atoms with Crippen LogP contribution in [0.4, 0.5) is 0 Å². The molecule has 3 N–H and O–H groups in total. The minimum absolute atomic E-state index is 0.0211. The van der Waals surface area contributed by atoms with Crippen molar-refractivity contribution < 1.29 is 10.2 Å². The van der Waals surface area contributed by atoms with Gasteiger partial charge in [0.1, 0.15) is 0 Å². The SMILES string of the molecule is CC(C)CC[C@@H](c1ccc(O)c(O)c1)N1CCNCC1. The molecule has 1 aliphatic heterocycles. The summed E-state index contributed by atoms with van der Waals surface area (Å²) in [6.45, 7) is 8.57. The Hall–Kier alpha value is -1.26. The van der Waals surface area contributed by atoms with E-state index in [0.29, 0.717) is 12.0 Å². The van der Waals surface area contributed by atoms with E-state index in [1.165, 1.54) is 0 Å². The highest BCUT2D eigenvalue weighted by Gasteiger charge is 2.23. The van der Waals surface area contributed by atoms with Gasteiger partial charge in [0.2, 0.25) is 0 Å². The van der Waals surface area contributed by atoms with Gasteiger partial charge < -0.3 is 15.5 Å². The van der Waals surface area contributed by atoms with E-state index in [0.717, 1.165) is 44.6 Å². The average Bonchev–Trinajstić information content (AvgIpc) is 2.44. The van der Waals surface area contributed by atoms with Gasteiger partial charge in [-0.2, -0.15) is 0 Å². The van der Waals surface area contributed by atoms with Crippen LogP contribution < -0.4 is 5.32 Å². The Morgan fingerprint density at radius 2 is 1.80 bits per heavy atom. The summed E-state index contributed by atoms with van der Waals surface area (Å²) in [5.41, 5.74) is 1.10. The maximum atomic E-state index is 9.74. The van der Waals surface area contributed by atoms with Crippen molar-refractivity contribution in [3.8, 4) is 11.5 Å². The van der Waals surface area contributed by atoms with Crippen LogP contribution in [0.3, 0.4) is 0 Å². The second-order valence-corrected chi connectivity index (χ2v) is 6.02. The fourth-order valence-electron chi connectivity index (χ4n) is 2.79. The Morgan fingerprint density at radius 1 is 1.10 bits per heavy atom. The van der Waals surface area contributed by atoms with Crippen LogP contribution >= 0.6 is 0 Å². The minimum Gasteiger partial charge on any atom is -0.504 e. The first kappa shape index (κ1) is 15.1. The van der Waals surface area contributed by atoms with E-state index in [1.54, 1.807) is 12.1 Å². The van der Waals surface area contributed by atoms with Crippen molar-refractivity contribution in [2.24, 2.45) is 5.92 Å². The largest absolute Gasteiger partial charge is 0.504 e. The number of phenols is 2. The second-order valence-electron chi connectivity index (χ2n) is 6.02. The number of piperazine rings is 1. The lowest BCUT2D eigenvalue weighted by atomic mass is 9.95. The maximum absolute atomic E-state index is 9.74. The summed E-state index contributed by atoms with van der Waals surface area (Å²) in [5.74, 6) is 0.606. The normalized spacial score (nSPS) is 18.4. The van der Waals surface area contributed by atoms with Gasteiger partial charge in [-0.05, 0) is 36.5 Å². The zero-order valence-electron chi connectivity index (χ0n) is 12.5. The van der Waals surface area contributed by atoms with E-state index >= 15 is 0 Å². The number of hydrogen-bond donors (Lipinski definition) is 3. The summed E-state index contributed by atoms with van der Waals surface area (Å²) < 4.78 is 0. The monoisotopic (exact) mass is 278 g/mol. The fraction of sp³-hybridized carbons (Fsp3) is 0.625. The molecule has 0 radical (unpaired) electrons. The molecule has 0 amide bonds. The number of aromatic hydroxyl groups is 2. The number of hydrogen-bond acceptors (Lipinski definition) is 4. The van der Waals surface area contributed by atoms with E-state index in [-0.39, 0.29) is 11.5 Å². The Labute approximate surface area is 121 Å². The number of phenolic OH excluding ortho intramolecular Hbond substituents is 2. The van der Waals surface area contributed by atoms with Crippen molar-refractivity contribution in [3.05, 3.63) is 23.8 Å². The summed E-state index contributed by atoms with van der Waals surface area (Å²) in [5, 5.41) is 22.6. The quantitative estimate of drug-likeness (QED) is 0.724. The third-order valence-corrected chi connectivity index (χ3v) is 3.99. The molecule has 0 spiro atoms. The van der Waals surface area contributed by atoms with Crippen LogP contribution in [0.25, 0.3) is 0 Å². The number of rotatable bonds is 5. The first-order chi connectivity index (χ1) is 9.58. The van der Waals surface area contributed by atoms with Gasteiger partial charge in [0.15, 0.2) is 11.5 Å². The fourth-order valence-corrected chi connectivity index (χ4v) is 2.79. The first-order valence-electron chi connectivity index (χ1n) is 7.54. The Morgan fingerprint density at radius 3 is 2.40 bits per heavy atom. The lowest BCUT2D eigenvalue weighted by molar-refractivity contribution is 0.159. The standard InChI is InChI=1S/C16H26N2O2/c1-12(2)3-5-14(18-9-7-17-8-10-18)13-4-6-15(19)16(20)11-13/h4,6,11-12,14,17,19-20H,3,5,7-10H2,1-2H3/t14-/m0/s1. The van der Waals surface area contributed by atoms with E-state index in [2.05, 4.69) is 24.1 Å². The summed E-state index contributed by atoms with van der Waals surface area (Å²) in [4.78, 5) is 2.48. The van der Waals surface area contributed by atoms with Gasteiger partial charge in [-0.1, -0.05) is 19.9 Å². The maximum Gasteiger partial charge on any atom is 0.157 e. The van der Waals surface area contributed by atoms with Gasteiger partial charge in [-0.3, -0.25) is 4.90 Å². The van der Waals surface area contributed by atoms with Crippen LogP contribution in [0.2, 0.25) is 0 Å². The lowest BCUT2D eigenvalue weighted by Crippen LogP contribution is -2.45. The molecule has 2 rings (SSSR count). The van der Waals surface area contributed by atoms with Crippen molar-refractivity contribution in [1.82, 2.24) is 10.2 Å².